The number of rotatable bonds is 8. The number of allylic oxidation sites excluding steroid dienone is 2. The summed E-state index contributed by atoms with van der Waals surface area (Å²) in [5.74, 6) is 1.33. The Bertz CT molecular complexity index is 483. The third-order valence-electron chi connectivity index (χ3n) is 5.56. The summed E-state index contributed by atoms with van der Waals surface area (Å²) >= 11 is 0. The zero-order valence-corrected chi connectivity index (χ0v) is 15.3. The van der Waals surface area contributed by atoms with E-state index in [9.17, 15) is 15.0 Å². The molecule has 1 saturated carbocycles. The number of aliphatic hydroxyl groups excluding tert-OH is 2. The summed E-state index contributed by atoms with van der Waals surface area (Å²) in [6.07, 6.45) is 11.9. The SMILES string of the molecule is CC[C@H](O)/C=C/[C@@H]1[C@H]2CC(CCCCC(=O)N(C)C)=C[C@H]2C[C@H]1O. The van der Waals surface area contributed by atoms with Crippen molar-refractivity contribution < 1.29 is 15.0 Å². The number of nitrogens with zero attached hydrogens (tertiary/aromatic N) is 1. The van der Waals surface area contributed by atoms with Gasteiger partial charge in [-0.15, -0.1) is 0 Å². The van der Waals surface area contributed by atoms with Crippen molar-refractivity contribution in [1.82, 2.24) is 4.90 Å². The van der Waals surface area contributed by atoms with Crippen molar-refractivity contribution in [3.05, 3.63) is 23.8 Å². The third kappa shape index (κ3) is 4.93. The van der Waals surface area contributed by atoms with Crippen molar-refractivity contribution in [2.45, 2.75) is 64.1 Å². The topological polar surface area (TPSA) is 60.8 Å². The zero-order valence-electron chi connectivity index (χ0n) is 15.3. The Morgan fingerprint density at radius 2 is 2.17 bits per heavy atom. The Morgan fingerprint density at radius 1 is 1.42 bits per heavy atom. The van der Waals surface area contributed by atoms with E-state index in [1.165, 1.54) is 5.57 Å². The number of fused-ring (bicyclic) bond motifs is 1. The van der Waals surface area contributed by atoms with Crippen LogP contribution in [0.5, 0.6) is 0 Å². The molecular formula is C20H33NO3. The van der Waals surface area contributed by atoms with Crippen molar-refractivity contribution in [2.24, 2.45) is 17.8 Å². The highest BCUT2D eigenvalue weighted by Gasteiger charge is 2.43. The van der Waals surface area contributed by atoms with Crippen molar-refractivity contribution in [2.75, 3.05) is 14.1 Å². The fraction of sp³-hybridized carbons (Fsp3) is 0.750. The molecule has 2 aliphatic rings. The van der Waals surface area contributed by atoms with Gasteiger partial charge in [-0.05, 0) is 50.4 Å². The quantitative estimate of drug-likeness (QED) is 0.530. The van der Waals surface area contributed by atoms with E-state index >= 15 is 0 Å². The summed E-state index contributed by atoms with van der Waals surface area (Å²) in [6, 6.07) is 0. The van der Waals surface area contributed by atoms with Crippen LogP contribution in [0.4, 0.5) is 0 Å². The molecule has 0 radical (unpaired) electrons. The number of hydrogen-bond donors (Lipinski definition) is 2. The monoisotopic (exact) mass is 335 g/mol. The standard InChI is InChI=1S/C20H33NO3/c1-4-16(22)9-10-17-18-12-14(11-15(18)13-19(17)23)7-5-6-8-20(24)21(2)3/h9-11,15-19,22-23H,4-8,12-13H2,1-3H3/b10-9+/t15-,16-,17+,18-,19+/m0/s1. The van der Waals surface area contributed by atoms with Crippen LogP contribution in [0, 0.1) is 17.8 Å². The molecule has 24 heavy (non-hydrogen) atoms. The maximum absolute atomic E-state index is 11.6. The van der Waals surface area contributed by atoms with Crippen LogP contribution in [-0.2, 0) is 4.79 Å². The molecule has 0 unspecified atom stereocenters. The van der Waals surface area contributed by atoms with Crippen LogP contribution in [-0.4, -0.2) is 47.3 Å². The summed E-state index contributed by atoms with van der Waals surface area (Å²) in [4.78, 5) is 13.2. The Balaban J connectivity index is 1.79. The van der Waals surface area contributed by atoms with Gasteiger partial charge < -0.3 is 15.1 Å². The van der Waals surface area contributed by atoms with Gasteiger partial charge >= 0.3 is 0 Å². The Hall–Kier alpha value is -1.13. The summed E-state index contributed by atoms with van der Waals surface area (Å²) in [5, 5.41) is 20.0. The number of unbranched alkanes of at least 4 members (excludes halogenated alkanes) is 1. The van der Waals surface area contributed by atoms with E-state index in [1.807, 2.05) is 19.1 Å². The lowest BCUT2D eigenvalue weighted by Crippen LogP contribution is -2.21. The number of carbonyl (C=O) groups is 1. The molecule has 4 nitrogen and oxygen atoms in total. The molecule has 2 rings (SSSR count). The zero-order chi connectivity index (χ0) is 17.7. The fourth-order valence-corrected chi connectivity index (χ4v) is 4.04. The van der Waals surface area contributed by atoms with Gasteiger partial charge in [0.15, 0.2) is 0 Å². The van der Waals surface area contributed by atoms with E-state index in [0.29, 0.717) is 24.7 Å². The lowest BCUT2D eigenvalue weighted by atomic mass is 9.88. The molecule has 0 bridgehead atoms. The van der Waals surface area contributed by atoms with Gasteiger partial charge in [0.1, 0.15) is 0 Å². The molecule has 136 valence electrons. The maximum atomic E-state index is 11.6. The van der Waals surface area contributed by atoms with Crippen molar-refractivity contribution in [3.63, 3.8) is 0 Å². The first-order valence-electron chi connectivity index (χ1n) is 9.36. The van der Waals surface area contributed by atoms with Gasteiger partial charge in [-0.1, -0.05) is 30.7 Å². The molecule has 0 aromatic rings. The van der Waals surface area contributed by atoms with E-state index in [0.717, 1.165) is 32.1 Å². The third-order valence-corrected chi connectivity index (χ3v) is 5.56. The number of carbonyl (C=O) groups excluding carboxylic acids is 1. The molecule has 0 saturated heterocycles. The maximum Gasteiger partial charge on any atom is 0.222 e. The second kappa shape index (κ2) is 8.82. The molecule has 5 atom stereocenters. The minimum Gasteiger partial charge on any atom is -0.392 e. The molecule has 1 fully saturated rings. The summed E-state index contributed by atoms with van der Waals surface area (Å²) in [5.41, 5.74) is 1.49. The fourth-order valence-electron chi connectivity index (χ4n) is 4.04. The second-order valence-corrected chi connectivity index (χ2v) is 7.59. The van der Waals surface area contributed by atoms with Gasteiger partial charge in [-0.3, -0.25) is 4.79 Å². The minimum absolute atomic E-state index is 0.167. The second-order valence-electron chi connectivity index (χ2n) is 7.59. The lowest BCUT2D eigenvalue weighted by Gasteiger charge is -2.18. The highest BCUT2D eigenvalue weighted by atomic mass is 16.3. The van der Waals surface area contributed by atoms with Gasteiger partial charge in [0, 0.05) is 26.4 Å². The van der Waals surface area contributed by atoms with E-state index in [-0.39, 0.29) is 17.9 Å². The van der Waals surface area contributed by atoms with Crippen LogP contribution < -0.4 is 0 Å². The number of aliphatic hydroxyl groups is 2. The number of hydrogen-bond acceptors (Lipinski definition) is 3. The van der Waals surface area contributed by atoms with E-state index in [4.69, 9.17) is 0 Å². The van der Waals surface area contributed by atoms with E-state index in [2.05, 4.69) is 6.08 Å². The number of amides is 1. The van der Waals surface area contributed by atoms with Crippen molar-refractivity contribution in [1.29, 1.82) is 0 Å². The van der Waals surface area contributed by atoms with Crippen LogP contribution in [0.15, 0.2) is 23.8 Å². The van der Waals surface area contributed by atoms with Gasteiger partial charge in [0.25, 0.3) is 0 Å². The molecule has 0 aromatic heterocycles. The smallest absolute Gasteiger partial charge is 0.222 e. The highest BCUT2D eigenvalue weighted by Crippen LogP contribution is 2.48. The summed E-state index contributed by atoms with van der Waals surface area (Å²) < 4.78 is 0. The van der Waals surface area contributed by atoms with Crippen molar-refractivity contribution in [3.8, 4) is 0 Å². The largest absolute Gasteiger partial charge is 0.392 e. The first-order valence-corrected chi connectivity index (χ1v) is 9.36. The lowest BCUT2D eigenvalue weighted by molar-refractivity contribution is -0.128. The Kier molecular flexibility index (Phi) is 7.05. The minimum atomic E-state index is -0.403. The molecule has 0 spiro atoms. The average Bonchev–Trinajstić information content (AvgIpc) is 3.05. The first-order chi connectivity index (χ1) is 11.4. The van der Waals surface area contributed by atoms with E-state index in [1.54, 1.807) is 19.0 Å². The molecular weight excluding hydrogens is 302 g/mol. The molecule has 0 aliphatic heterocycles. The highest BCUT2D eigenvalue weighted by molar-refractivity contribution is 5.75. The van der Waals surface area contributed by atoms with Crippen LogP contribution in [0.25, 0.3) is 0 Å². The molecule has 2 N–H and O–H groups in total. The van der Waals surface area contributed by atoms with Crippen LogP contribution >= 0.6 is 0 Å². The van der Waals surface area contributed by atoms with Gasteiger partial charge in [-0.25, -0.2) is 0 Å². The molecule has 2 aliphatic carbocycles. The Morgan fingerprint density at radius 3 is 2.83 bits per heavy atom. The van der Waals surface area contributed by atoms with Crippen LogP contribution in [0.2, 0.25) is 0 Å². The van der Waals surface area contributed by atoms with Gasteiger partial charge in [0.05, 0.1) is 12.2 Å². The molecule has 4 heteroatoms. The Labute approximate surface area is 146 Å². The predicted molar refractivity (Wildman–Crippen MR) is 96.4 cm³/mol. The van der Waals surface area contributed by atoms with Crippen LogP contribution in [0.3, 0.4) is 0 Å². The molecule has 0 aromatic carbocycles. The summed E-state index contributed by atoms with van der Waals surface area (Å²) in [7, 11) is 3.61. The molecule has 0 heterocycles. The first kappa shape index (κ1) is 19.2. The van der Waals surface area contributed by atoms with Crippen LogP contribution in [0.1, 0.15) is 51.9 Å². The normalized spacial score (nSPS) is 30.5. The van der Waals surface area contributed by atoms with E-state index < -0.39 is 6.10 Å². The van der Waals surface area contributed by atoms with Gasteiger partial charge in [0.2, 0.25) is 5.91 Å². The van der Waals surface area contributed by atoms with Gasteiger partial charge in [-0.2, -0.15) is 0 Å². The predicted octanol–water partition coefficient (Wildman–Crippen LogP) is 2.91. The summed E-state index contributed by atoms with van der Waals surface area (Å²) in [6.45, 7) is 1.96. The average molecular weight is 335 g/mol. The van der Waals surface area contributed by atoms with Crippen molar-refractivity contribution >= 4 is 5.91 Å². The molecule has 1 amide bonds.